The summed E-state index contributed by atoms with van der Waals surface area (Å²) in [6.07, 6.45) is 1.89. The van der Waals surface area contributed by atoms with E-state index in [0.717, 1.165) is 11.1 Å². The zero-order valence-electron chi connectivity index (χ0n) is 16.1. The van der Waals surface area contributed by atoms with Crippen LogP contribution in [0.25, 0.3) is 0 Å². The third kappa shape index (κ3) is 3.29. The van der Waals surface area contributed by atoms with Gasteiger partial charge in [0.25, 0.3) is 0 Å². The molecular formula is C19H26BNO4S. The molecule has 1 fully saturated rings. The van der Waals surface area contributed by atoms with Gasteiger partial charge in [0.05, 0.1) is 16.1 Å². The van der Waals surface area contributed by atoms with Crippen LogP contribution in [-0.4, -0.2) is 44.1 Å². The van der Waals surface area contributed by atoms with Gasteiger partial charge in [0.15, 0.2) is 0 Å². The highest BCUT2D eigenvalue weighted by atomic mass is 32.2. The maximum Gasteiger partial charge on any atom is 0.494 e. The number of hydrogen-bond donors (Lipinski definition) is 0. The van der Waals surface area contributed by atoms with Crippen LogP contribution in [0.15, 0.2) is 52.9 Å². The predicted molar refractivity (Wildman–Crippen MR) is 103 cm³/mol. The highest BCUT2D eigenvalue weighted by Crippen LogP contribution is 2.40. The molecule has 2 heterocycles. The molecule has 0 atom stereocenters. The second-order valence-corrected chi connectivity index (χ2v) is 9.89. The third-order valence-corrected chi connectivity index (χ3v) is 7.32. The number of hydrogen-bond acceptors (Lipinski definition) is 4. The Morgan fingerprint density at radius 1 is 1.12 bits per heavy atom. The summed E-state index contributed by atoms with van der Waals surface area (Å²) in [4.78, 5) is 0.305. The molecule has 0 bridgehead atoms. The van der Waals surface area contributed by atoms with Gasteiger partial charge in [-0.3, -0.25) is 0 Å². The molecule has 0 radical (unpaired) electrons. The van der Waals surface area contributed by atoms with E-state index < -0.39 is 28.3 Å². The van der Waals surface area contributed by atoms with Gasteiger partial charge in [-0.1, -0.05) is 30.4 Å². The molecule has 26 heavy (non-hydrogen) atoms. The average molecular weight is 375 g/mol. The van der Waals surface area contributed by atoms with Crippen LogP contribution >= 0.6 is 0 Å². The van der Waals surface area contributed by atoms with Crippen molar-refractivity contribution >= 4 is 17.1 Å². The molecule has 1 aromatic carbocycles. The summed E-state index contributed by atoms with van der Waals surface area (Å²) in [6.45, 7) is 14.6. The Kier molecular flexibility index (Phi) is 4.72. The van der Waals surface area contributed by atoms with Gasteiger partial charge in [0.2, 0.25) is 10.0 Å². The summed E-state index contributed by atoms with van der Waals surface area (Å²) in [5, 5.41) is 0. The second kappa shape index (κ2) is 6.34. The van der Waals surface area contributed by atoms with Crippen LogP contribution < -0.4 is 0 Å². The van der Waals surface area contributed by atoms with Crippen molar-refractivity contribution in [2.45, 2.75) is 50.7 Å². The maximum atomic E-state index is 12.8. The largest absolute Gasteiger partial charge is 0.494 e. The minimum absolute atomic E-state index is 0.277. The molecule has 0 spiro atoms. The van der Waals surface area contributed by atoms with Crippen molar-refractivity contribution in [3.63, 3.8) is 0 Å². The summed E-state index contributed by atoms with van der Waals surface area (Å²) in [5.41, 5.74) is 1.66. The van der Waals surface area contributed by atoms with Crippen LogP contribution in [0.4, 0.5) is 0 Å². The SMILES string of the molecule is C=C(B1OC(C)(C)C(C)(C)O1)C1=CCN(S(=O)(=O)c2ccc(C)cc2)C1. The summed E-state index contributed by atoms with van der Waals surface area (Å²) >= 11 is 0. The van der Waals surface area contributed by atoms with E-state index >= 15 is 0 Å². The maximum absolute atomic E-state index is 12.8. The van der Waals surface area contributed by atoms with Gasteiger partial charge in [0.1, 0.15) is 0 Å². The second-order valence-electron chi connectivity index (χ2n) is 7.95. The Bertz CT molecular complexity index is 840. The van der Waals surface area contributed by atoms with E-state index in [4.69, 9.17) is 9.31 Å². The van der Waals surface area contributed by atoms with Crippen molar-refractivity contribution in [2.75, 3.05) is 13.1 Å². The predicted octanol–water partition coefficient (Wildman–Crippen LogP) is 3.11. The molecular weight excluding hydrogens is 349 g/mol. The smallest absolute Gasteiger partial charge is 0.399 e. The minimum Gasteiger partial charge on any atom is -0.399 e. The van der Waals surface area contributed by atoms with Crippen molar-refractivity contribution < 1.29 is 17.7 Å². The summed E-state index contributed by atoms with van der Waals surface area (Å²) < 4.78 is 39.2. The van der Waals surface area contributed by atoms with E-state index in [0.29, 0.717) is 16.9 Å². The Labute approximate surface area is 156 Å². The quantitative estimate of drug-likeness (QED) is 0.759. The molecule has 2 aliphatic heterocycles. The van der Waals surface area contributed by atoms with Crippen LogP contribution in [0.3, 0.4) is 0 Å². The van der Waals surface area contributed by atoms with Gasteiger partial charge in [-0.15, -0.1) is 0 Å². The number of sulfonamides is 1. The molecule has 0 saturated carbocycles. The van der Waals surface area contributed by atoms with Gasteiger partial charge < -0.3 is 9.31 Å². The van der Waals surface area contributed by atoms with E-state index in [2.05, 4.69) is 6.58 Å². The van der Waals surface area contributed by atoms with Crippen LogP contribution in [0, 0.1) is 6.92 Å². The van der Waals surface area contributed by atoms with Crippen LogP contribution in [-0.2, 0) is 19.3 Å². The fourth-order valence-corrected chi connectivity index (χ4v) is 4.30. The molecule has 0 N–H and O–H groups in total. The topological polar surface area (TPSA) is 55.8 Å². The van der Waals surface area contributed by atoms with Gasteiger partial charge in [-0.2, -0.15) is 4.31 Å². The summed E-state index contributed by atoms with van der Waals surface area (Å²) in [6, 6.07) is 6.90. The lowest BCUT2D eigenvalue weighted by Crippen LogP contribution is -2.41. The van der Waals surface area contributed by atoms with Crippen LogP contribution in [0.1, 0.15) is 33.3 Å². The van der Waals surface area contributed by atoms with Gasteiger partial charge in [0, 0.05) is 13.1 Å². The molecule has 0 unspecified atom stereocenters. The first-order valence-electron chi connectivity index (χ1n) is 8.75. The first-order chi connectivity index (χ1) is 11.9. The minimum atomic E-state index is -3.53. The molecule has 1 saturated heterocycles. The van der Waals surface area contributed by atoms with Crippen LogP contribution in [0.2, 0.25) is 0 Å². The number of benzene rings is 1. The van der Waals surface area contributed by atoms with Gasteiger partial charge in [-0.05, 0) is 57.8 Å². The van der Waals surface area contributed by atoms with Gasteiger partial charge >= 0.3 is 7.12 Å². The van der Waals surface area contributed by atoms with Crippen molar-refractivity contribution in [1.82, 2.24) is 4.31 Å². The highest BCUT2D eigenvalue weighted by Gasteiger charge is 2.52. The standard InChI is InChI=1S/C19H26BNO4S/c1-14-7-9-17(10-8-14)26(22,23)21-12-11-16(13-21)15(2)20-24-18(3,4)19(5,6)25-20/h7-11H,2,12-13H2,1,3-6H3. The summed E-state index contributed by atoms with van der Waals surface area (Å²) in [5.74, 6) is 0. The Morgan fingerprint density at radius 2 is 1.65 bits per heavy atom. The number of aryl methyl sites for hydroxylation is 1. The fourth-order valence-electron chi connectivity index (χ4n) is 2.94. The average Bonchev–Trinajstić information content (AvgIpc) is 3.11. The molecule has 0 aliphatic carbocycles. The lowest BCUT2D eigenvalue weighted by Gasteiger charge is -2.32. The number of nitrogens with zero attached hydrogens (tertiary/aromatic N) is 1. The van der Waals surface area contributed by atoms with E-state index in [1.807, 2.05) is 40.7 Å². The monoisotopic (exact) mass is 375 g/mol. The number of rotatable bonds is 4. The first-order valence-corrected chi connectivity index (χ1v) is 10.2. The Hall–Kier alpha value is -1.41. The van der Waals surface area contributed by atoms with E-state index in [1.165, 1.54) is 4.31 Å². The van der Waals surface area contributed by atoms with Crippen LogP contribution in [0.5, 0.6) is 0 Å². The molecule has 2 aliphatic rings. The first kappa shape index (κ1) is 19.4. The zero-order valence-corrected chi connectivity index (χ0v) is 16.9. The Morgan fingerprint density at radius 3 is 2.19 bits per heavy atom. The molecule has 5 nitrogen and oxygen atoms in total. The zero-order chi connectivity index (χ0) is 19.3. The Balaban J connectivity index is 1.72. The lowest BCUT2D eigenvalue weighted by molar-refractivity contribution is 0.00578. The van der Waals surface area contributed by atoms with E-state index in [9.17, 15) is 8.42 Å². The van der Waals surface area contributed by atoms with Crippen molar-refractivity contribution in [3.8, 4) is 0 Å². The van der Waals surface area contributed by atoms with Crippen molar-refractivity contribution in [3.05, 3.63) is 53.5 Å². The molecule has 140 valence electrons. The fraction of sp³-hybridized carbons (Fsp3) is 0.474. The van der Waals surface area contributed by atoms with E-state index in [-0.39, 0.29) is 6.54 Å². The molecule has 7 heteroatoms. The highest BCUT2D eigenvalue weighted by molar-refractivity contribution is 7.89. The normalized spacial score (nSPS) is 22.5. The lowest BCUT2D eigenvalue weighted by atomic mass is 9.75. The van der Waals surface area contributed by atoms with E-state index in [1.54, 1.807) is 24.3 Å². The summed E-state index contributed by atoms with van der Waals surface area (Å²) in [7, 11) is -4.09. The molecule has 1 aromatic rings. The third-order valence-electron chi connectivity index (χ3n) is 5.50. The van der Waals surface area contributed by atoms with Crippen molar-refractivity contribution in [1.29, 1.82) is 0 Å². The molecule has 3 rings (SSSR count). The molecule has 0 aromatic heterocycles. The van der Waals surface area contributed by atoms with Crippen molar-refractivity contribution in [2.24, 2.45) is 0 Å². The molecule has 0 amide bonds. The van der Waals surface area contributed by atoms with Gasteiger partial charge in [-0.25, -0.2) is 8.42 Å².